The van der Waals surface area contributed by atoms with Crippen molar-refractivity contribution in [2.24, 2.45) is 0 Å². The Morgan fingerprint density at radius 2 is 1.55 bits per heavy atom. The van der Waals surface area contributed by atoms with E-state index in [1.807, 2.05) is 0 Å². The molecule has 2 aromatic rings. The summed E-state index contributed by atoms with van der Waals surface area (Å²) in [4.78, 5) is 0. The van der Waals surface area contributed by atoms with Gasteiger partial charge in [0, 0.05) is 24.5 Å². The highest BCUT2D eigenvalue weighted by molar-refractivity contribution is 6.31. The van der Waals surface area contributed by atoms with Gasteiger partial charge >= 0.3 is 6.18 Å². The summed E-state index contributed by atoms with van der Waals surface area (Å²) in [5.74, 6) is -0.505. The lowest BCUT2D eigenvalue weighted by Crippen LogP contribution is -2.14. The molecule has 2 N–H and O–H groups in total. The minimum atomic E-state index is -4.36. The lowest BCUT2D eigenvalue weighted by molar-refractivity contribution is -0.137. The predicted molar refractivity (Wildman–Crippen MR) is 79.8 cm³/mol. The van der Waals surface area contributed by atoms with Gasteiger partial charge in [-0.15, -0.1) is 0 Å². The molecule has 0 aliphatic carbocycles. The Kier molecular flexibility index (Phi) is 5.13. The van der Waals surface area contributed by atoms with Crippen LogP contribution in [0.5, 0.6) is 0 Å². The Labute approximate surface area is 130 Å². The monoisotopic (exact) mass is 332 g/mol. The first-order valence-corrected chi connectivity index (χ1v) is 6.84. The molecule has 0 bridgehead atoms. The van der Waals surface area contributed by atoms with E-state index in [0.717, 1.165) is 12.1 Å². The number of hydrogen-bond acceptors (Lipinski definition) is 2. The zero-order valence-corrected chi connectivity index (χ0v) is 12.1. The van der Waals surface area contributed by atoms with Gasteiger partial charge in [-0.3, -0.25) is 0 Å². The summed E-state index contributed by atoms with van der Waals surface area (Å²) in [5, 5.41) is 5.89. The van der Waals surface area contributed by atoms with Crippen LogP contribution in [0.4, 0.5) is 28.9 Å². The minimum Gasteiger partial charge on any atom is -0.383 e. The van der Waals surface area contributed by atoms with Crippen molar-refractivity contribution in [3.63, 3.8) is 0 Å². The largest absolute Gasteiger partial charge is 0.416 e. The summed E-state index contributed by atoms with van der Waals surface area (Å²) >= 11 is 5.65. The summed E-state index contributed by atoms with van der Waals surface area (Å²) in [6, 6.07) is 9.19. The molecule has 7 heteroatoms. The van der Waals surface area contributed by atoms with Crippen molar-refractivity contribution in [2.75, 3.05) is 23.7 Å². The molecule has 118 valence electrons. The van der Waals surface area contributed by atoms with Crippen LogP contribution in [-0.4, -0.2) is 13.1 Å². The van der Waals surface area contributed by atoms with Crippen molar-refractivity contribution in [1.82, 2.24) is 0 Å². The molecule has 0 aliphatic heterocycles. The standard InChI is InChI=1S/C15H13ClF4N2/c16-13-9-12(4-5-14(13)17)22-7-6-21-11-3-1-2-10(8-11)15(18,19)20/h1-5,8-9,21-22H,6-7H2. The predicted octanol–water partition coefficient (Wildman–Crippen LogP) is 5.02. The van der Waals surface area contributed by atoms with Crippen LogP contribution < -0.4 is 10.6 Å². The smallest absolute Gasteiger partial charge is 0.383 e. The third-order valence-corrected chi connectivity index (χ3v) is 3.18. The zero-order chi connectivity index (χ0) is 16.2. The first-order chi connectivity index (χ1) is 10.4. The van der Waals surface area contributed by atoms with Crippen molar-refractivity contribution >= 4 is 23.0 Å². The van der Waals surface area contributed by atoms with E-state index < -0.39 is 17.6 Å². The molecule has 0 amide bonds. The molecule has 0 spiro atoms. The lowest BCUT2D eigenvalue weighted by atomic mass is 10.2. The molecule has 2 nitrogen and oxygen atoms in total. The molecule has 2 rings (SSSR count). The van der Waals surface area contributed by atoms with Crippen molar-refractivity contribution in [3.05, 3.63) is 58.9 Å². The number of rotatable bonds is 5. The van der Waals surface area contributed by atoms with Crippen LogP contribution in [0.1, 0.15) is 5.56 Å². The van der Waals surface area contributed by atoms with Crippen LogP contribution in [0.15, 0.2) is 42.5 Å². The second-order valence-electron chi connectivity index (χ2n) is 4.56. The van der Waals surface area contributed by atoms with Crippen LogP contribution in [0.3, 0.4) is 0 Å². The lowest BCUT2D eigenvalue weighted by Gasteiger charge is -2.11. The van der Waals surface area contributed by atoms with Crippen molar-refractivity contribution < 1.29 is 17.6 Å². The van der Waals surface area contributed by atoms with E-state index in [-0.39, 0.29) is 5.02 Å². The van der Waals surface area contributed by atoms with E-state index in [0.29, 0.717) is 24.5 Å². The third kappa shape index (κ3) is 4.53. The second-order valence-corrected chi connectivity index (χ2v) is 4.97. The van der Waals surface area contributed by atoms with Gasteiger partial charge in [0.2, 0.25) is 0 Å². The molecule has 0 saturated carbocycles. The SMILES string of the molecule is Fc1ccc(NCCNc2cccc(C(F)(F)F)c2)cc1Cl. The topological polar surface area (TPSA) is 24.1 Å². The van der Waals surface area contributed by atoms with Crippen LogP contribution in [0.2, 0.25) is 5.02 Å². The minimum absolute atomic E-state index is 0.0100. The fraction of sp³-hybridized carbons (Fsp3) is 0.200. The van der Waals surface area contributed by atoms with E-state index in [1.165, 1.54) is 24.3 Å². The number of halogens is 5. The fourth-order valence-corrected chi connectivity index (χ4v) is 2.01. The Morgan fingerprint density at radius 1 is 0.909 bits per heavy atom. The molecule has 0 fully saturated rings. The molecule has 0 aromatic heterocycles. The summed E-state index contributed by atoms with van der Waals surface area (Å²) < 4.78 is 50.7. The highest BCUT2D eigenvalue weighted by Crippen LogP contribution is 2.30. The molecule has 0 atom stereocenters. The molecule has 0 saturated heterocycles. The quantitative estimate of drug-likeness (QED) is 0.593. The zero-order valence-electron chi connectivity index (χ0n) is 11.3. The molecular formula is C15H13ClF4N2. The molecule has 22 heavy (non-hydrogen) atoms. The Balaban J connectivity index is 1.85. The summed E-state index contributed by atoms with van der Waals surface area (Å²) in [6.45, 7) is 0.842. The van der Waals surface area contributed by atoms with Gasteiger partial charge in [0.05, 0.1) is 10.6 Å². The molecule has 2 aromatic carbocycles. The average molecular weight is 333 g/mol. The van der Waals surface area contributed by atoms with Gasteiger partial charge in [0.25, 0.3) is 0 Å². The van der Waals surface area contributed by atoms with E-state index in [4.69, 9.17) is 11.6 Å². The number of hydrogen-bond donors (Lipinski definition) is 2. The number of benzene rings is 2. The fourth-order valence-electron chi connectivity index (χ4n) is 1.83. The second kappa shape index (κ2) is 6.87. The van der Waals surface area contributed by atoms with Gasteiger partial charge in [-0.25, -0.2) is 4.39 Å². The number of alkyl halides is 3. The van der Waals surface area contributed by atoms with Crippen LogP contribution >= 0.6 is 11.6 Å². The molecular weight excluding hydrogens is 320 g/mol. The Morgan fingerprint density at radius 3 is 2.14 bits per heavy atom. The van der Waals surface area contributed by atoms with Crippen molar-refractivity contribution in [3.8, 4) is 0 Å². The van der Waals surface area contributed by atoms with E-state index in [1.54, 1.807) is 6.07 Å². The molecule has 0 unspecified atom stereocenters. The molecule has 0 aliphatic rings. The van der Waals surface area contributed by atoms with Gasteiger partial charge in [-0.1, -0.05) is 17.7 Å². The van der Waals surface area contributed by atoms with E-state index >= 15 is 0 Å². The summed E-state index contributed by atoms with van der Waals surface area (Å²) in [5.41, 5.74) is 0.321. The highest BCUT2D eigenvalue weighted by atomic mass is 35.5. The summed E-state index contributed by atoms with van der Waals surface area (Å²) in [6.07, 6.45) is -4.36. The van der Waals surface area contributed by atoms with Gasteiger partial charge in [-0.05, 0) is 36.4 Å². The van der Waals surface area contributed by atoms with Crippen molar-refractivity contribution in [1.29, 1.82) is 0 Å². The summed E-state index contributed by atoms with van der Waals surface area (Å²) in [7, 11) is 0. The van der Waals surface area contributed by atoms with Gasteiger partial charge < -0.3 is 10.6 Å². The van der Waals surface area contributed by atoms with Gasteiger partial charge in [0.1, 0.15) is 5.82 Å². The number of nitrogens with one attached hydrogen (secondary N) is 2. The van der Waals surface area contributed by atoms with Crippen LogP contribution in [-0.2, 0) is 6.18 Å². The average Bonchev–Trinajstić information content (AvgIpc) is 2.47. The van der Waals surface area contributed by atoms with Gasteiger partial charge in [-0.2, -0.15) is 13.2 Å². The maximum atomic E-state index is 13.0. The Bertz CT molecular complexity index is 644. The normalized spacial score (nSPS) is 11.3. The molecule has 0 radical (unpaired) electrons. The van der Waals surface area contributed by atoms with Crippen molar-refractivity contribution in [2.45, 2.75) is 6.18 Å². The van der Waals surface area contributed by atoms with Gasteiger partial charge in [0.15, 0.2) is 0 Å². The maximum Gasteiger partial charge on any atom is 0.416 e. The highest BCUT2D eigenvalue weighted by Gasteiger charge is 2.30. The number of anilines is 2. The van der Waals surface area contributed by atoms with E-state index in [2.05, 4.69) is 10.6 Å². The first-order valence-electron chi connectivity index (χ1n) is 6.46. The van der Waals surface area contributed by atoms with E-state index in [9.17, 15) is 17.6 Å². The Hall–Kier alpha value is -1.95. The van der Waals surface area contributed by atoms with Crippen LogP contribution in [0.25, 0.3) is 0 Å². The molecule has 0 heterocycles. The third-order valence-electron chi connectivity index (χ3n) is 2.89. The van der Waals surface area contributed by atoms with Crippen LogP contribution in [0, 0.1) is 5.82 Å². The maximum absolute atomic E-state index is 13.0. The first kappa shape index (κ1) is 16.4.